The van der Waals surface area contributed by atoms with Gasteiger partial charge in [0, 0.05) is 0 Å². The number of aliphatic hydroxyl groups is 2. The highest BCUT2D eigenvalue weighted by Gasteiger charge is 2.51. The Morgan fingerprint density at radius 1 is 1.56 bits per heavy atom. The van der Waals surface area contributed by atoms with Gasteiger partial charge in [-0.3, -0.25) is 0 Å². The summed E-state index contributed by atoms with van der Waals surface area (Å²) in [5, 5.41) is 18.2. The first kappa shape index (κ1) is 7.03. The van der Waals surface area contributed by atoms with Gasteiger partial charge in [0.05, 0.1) is 12.2 Å². The van der Waals surface area contributed by atoms with Crippen molar-refractivity contribution in [3.05, 3.63) is 0 Å². The van der Waals surface area contributed by atoms with Gasteiger partial charge in [0.25, 0.3) is 0 Å². The van der Waals surface area contributed by atoms with Gasteiger partial charge < -0.3 is 10.2 Å². The smallest absolute Gasteiger partial charge is 0.0902 e. The maximum atomic E-state index is 9.47. The van der Waals surface area contributed by atoms with Gasteiger partial charge in [-0.25, -0.2) is 0 Å². The molecule has 1 rings (SSSR count). The first-order chi connectivity index (χ1) is 4.02. The normalized spacial score (nSPS) is 29.3. The Bertz CT molecular complexity index is 114. The van der Waals surface area contributed by atoms with Crippen LogP contribution in [0.15, 0.2) is 0 Å². The van der Waals surface area contributed by atoms with E-state index in [1.165, 1.54) is 0 Å². The van der Waals surface area contributed by atoms with Crippen LogP contribution in [0.25, 0.3) is 0 Å². The minimum atomic E-state index is -0.854. The summed E-state index contributed by atoms with van der Waals surface area (Å²) in [6.07, 6.45) is 2.08. The van der Waals surface area contributed by atoms with Gasteiger partial charge in [0.15, 0.2) is 0 Å². The largest absolute Gasteiger partial charge is 0.393 e. The van der Waals surface area contributed by atoms with E-state index in [-0.39, 0.29) is 12.0 Å². The van der Waals surface area contributed by atoms with E-state index < -0.39 is 5.60 Å². The molecular formula is C7H14O2. The Hall–Kier alpha value is -0.0800. The zero-order chi connectivity index (χ0) is 7.12. The van der Waals surface area contributed by atoms with E-state index in [1.807, 2.05) is 6.92 Å². The molecule has 1 saturated carbocycles. The molecule has 0 saturated heterocycles. The summed E-state index contributed by atoms with van der Waals surface area (Å²) in [6.45, 7) is 3.58. The number of hydrogen-bond acceptors (Lipinski definition) is 2. The van der Waals surface area contributed by atoms with Crippen molar-refractivity contribution in [2.24, 2.45) is 5.41 Å². The van der Waals surface area contributed by atoms with Crippen LogP contribution in [0.5, 0.6) is 0 Å². The molecule has 0 aromatic rings. The zero-order valence-electron chi connectivity index (χ0n) is 6.02. The third-order valence-electron chi connectivity index (χ3n) is 2.61. The molecule has 2 heteroatoms. The van der Waals surface area contributed by atoms with E-state index >= 15 is 0 Å². The fraction of sp³-hybridized carbons (Fsp3) is 1.00. The lowest BCUT2D eigenvalue weighted by molar-refractivity contribution is -0.0523. The van der Waals surface area contributed by atoms with Crippen molar-refractivity contribution >= 4 is 0 Å². The molecule has 2 nitrogen and oxygen atoms in total. The van der Waals surface area contributed by atoms with Crippen LogP contribution in [-0.4, -0.2) is 22.4 Å². The molecule has 0 bridgehead atoms. The molecule has 9 heavy (non-hydrogen) atoms. The van der Waals surface area contributed by atoms with E-state index in [0.717, 1.165) is 12.8 Å². The molecule has 1 atom stereocenters. The minimum Gasteiger partial charge on any atom is -0.393 e. The quantitative estimate of drug-likeness (QED) is 0.572. The Morgan fingerprint density at radius 3 is 2.11 bits per heavy atom. The molecule has 0 amide bonds. The monoisotopic (exact) mass is 130 g/mol. The lowest BCUT2D eigenvalue weighted by Gasteiger charge is -2.27. The van der Waals surface area contributed by atoms with Crippen LogP contribution in [-0.2, 0) is 0 Å². The SMILES string of the molecule is CC(O)(CO)C1(C)CC1. The van der Waals surface area contributed by atoms with Crippen LogP contribution >= 0.6 is 0 Å². The summed E-state index contributed by atoms with van der Waals surface area (Å²) >= 11 is 0. The van der Waals surface area contributed by atoms with Gasteiger partial charge in [0.2, 0.25) is 0 Å². The lowest BCUT2D eigenvalue weighted by Crippen LogP contribution is -2.38. The van der Waals surface area contributed by atoms with Gasteiger partial charge in [-0.1, -0.05) is 6.92 Å². The van der Waals surface area contributed by atoms with Crippen LogP contribution < -0.4 is 0 Å². The third kappa shape index (κ3) is 0.970. The third-order valence-corrected chi connectivity index (χ3v) is 2.61. The molecule has 0 radical (unpaired) electrons. The molecule has 1 fully saturated rings. The first-order valence-corrected chi connectivity index (χ1v) is 3.35. The molecule has 0 spiro atoms. The van der Waals surface area contributed by atoms with E-state index in [1.54, 1.807) is 6.92 Å². The summed E-state index contributed by atoms with van der Waals surface area (Å²) in [4.78, 5) is 0. The molecule has 54 valence electrons. The lowest BCUT2D eigenvalue weighted by atomic mass is 9.89. The molecule has 0 aromatic carbocycles. The number of rotatable bonds is 2. The number of hydrogen-bond donors (Lipinski definition) is 2. The molecule has 0 aliphatic heterocycles. The maximum Gasteiger partial charge on any atom is 0.0902 e. The Kier molecular flexibility index (Phi) is 1.33. The minimum absolute atomic E-state index is 0.00174. The fourth-order valence-electron chi connectivity index (χ4n) is 0.917. The van der Waals surface area contributed by atoms with E-state index in [0.29, 0.717) is 0 Å². The summed E-state index contributed by atoms with van der Waals surface area (Å²) in [7, 11) is 0. The van der Waals surface area contributed by atoms with Crippen LogP contribution in [0, 0.1) is 5.41 Å². The molecular weight excluding hydrogens is 116 g/mol. The van der Waals surface area contributed by atoms with E-state index in [9.17, 15) is 5.11 Å². The molecule has 1 aliphatic carbocycles. The van der Waals surface area contributed by atoms with Gasteiger partial charge in [-0.05, 0) is 25.2 Å². The zero-order valence-corrected chi connectivity index (χ0v) is 6.02. The predicted octanol–water partition coefficient (Wildman–Crippen LogP) is 0.530. The van der Waals surface area contributed by atoms with Crippen LogP contribution in [0.2, 0.25) is 0 Å². The van der Waals surface area contributed by atoms with Crippen molar-refractivity contribution in [3.63, 3.8) is 0 Å². The standard InChI is InChI=1S/C7H14O2/c1-6(3-4-6)7(2,9)5-8/h8-9H,3-5H2,1-2H3. The topological polar surface area (TPSA) is 40.5 Å². The van der Waals surface area contributed by atoms with Gasteiger partial charge >= 0.3 is 0 Å². The molecule has 1 aliphatic rings. The fourth-order valence-corrected chi connectivity index (χ4v) is 0.917. The summed E-state index contributed by atoms with van der Waals surface area (Å²) < 4.78 is 0. The summed E-state index contributed by atoms with van der Waals surface area (Å²) in [6, 6.07) is 0. The molecule has 0 heterocycles. The second-order valence-electron chi connectivity index (χ2n) is 3.49. The van der Waals surface area contributed by atoms with E-state index in [2.05, 4.69) is 0 Å². The van der Waals surface area contributed by atoms with E-state index in [4.69, 9.17) is 5.11 Å². The van der Waals surface area contributed by atoms with Crippen molar-refractivity contribution in [2.75, 3.05) is 6.61 Å². The van der Waals surface area contributed by atoms with Crippen LogP contribution in [0.3, 0.4) is 0 Å². The van der Waals surface area contributed by atoms with Gasteiger partial charge in [0.1, 0.15) is 0 Å². The summed E-state index contributed by atoms with van der Waals surface area (Å²) in [5.74, 6) is 0. The van der Waals surface area contributed by atoms with Crippen molar-refractivity contribution in [1.82, 2.24) is 0 Å². The van der Waals surface area contributed by atoms with Gasteiger partial charge in [-0.2, -0.15) is 0 Å². The van der Waals surface area contributed by atoms with Crippen molar-refractivity contribution in [2.45, 2.75) is 32.3 Å². The molecule has 0 aromatic heterocycles. The molecule has 1 unspecified atom stereocenters. The van der Waals surface area contributed by atoms with Crippen molar-refractivity contribution in [1.29, 1.82) is 0 Å². The van der Waals surface area contributed by atoms with Crippen molar-refractivity contribution in [3.8, 4) is 0 Å². The highest BCUT2D eigenvalue weighted by atomic mass is 16.3. The molecule has 2 N–H and O–H groups in total. The Labute approximate surface area is 55.5 Å². The second kappa shape index (κ2) is 1.70. The Morgan fingerprint density at radius 2 is 2.00 bits per heavy atom. The highest BCUT2D eigenvalue weighted by Crippen LogP contribution is 2.53. The van der Waals surface area contributed by atoms with Crippen LogP contribution in [0.4, 0.5) is 0 Å². The average Bonchev–Trinajstić information content (AvgIpc) is 2.49. The number of aliphatic hydroxyl groups excluding tert-OH is 1. The predicted molar refractivity (Wildman–Crippen MR) is 35.1 cm³/mol. The van der Waals surface area contributed by atoms with Crippen molar-refractivity contribution < 1.29 is 10.2 Å². The average molecular weight is 130 g/mol. The first-order valence-electron chi connectivity index (χ1n) is 3.35. The summed E-state index contributed by atoms with van der Waals surface area (Å²) in [5.41, 5.74) is -0.852. The van der Waals surface area contributed by atoms with Gasteiger partial charge in [-0.15, -0.1) is 0 Å². The maximum absolute atomic E-state index is 9.47. The van der Waals surface area contributed by atoms with Crippen LogP contribution in [0.1, 0.15) is 26.7 Å². The second-order valence-corrected chi connectivity index (χ2v) is 3.49. The Balaban J connectivity index is 2.58. The highest BCUT2D eigenvalue weighted by molar-refractivity contribution is 5.02.